The molecule has 2 aromatic rings. The summed E-state index contributed by atoms with van der Waals surface area (Å²) in [6, 6.07) is 15.0. The number of amides is 2. The van der Waals surface area contributed by atoms with Crippen LogP contribution in [0.5, 0.6) is 5.75 Å². The average molecular weight is 365 g/mol. The van der Waals surface area contributed by atoms with E-state index in [9.17, 15) is 4.79 Å². The Kier molecular flexibility index (Phi) is 8.05. The minimum Gasteiger partial charge on any atom is -0.494 e. The van der Waals surface area contributed by atoms with Crippen molar-refractivity contribution in [2.45, 2.75) is 19.8 Å². The molecule has 0 aliphatic carbocycles. The first-order valence-corrected chi connectivity index (χ1v) is 9.13. The van der Waals surface area contributed by atoms with Crippen molar-refractivity contribution in [3.05, 3.63) is 54.1 Å². The van der Waals surface area contributed by atoms with Crippen molar-refractivity contribution >= 4 is 17.4 Å². The van der Waals surface area contributed by atoms with E-state index in [1.54, 1.807) is 0 Å². The van der Waals surface area contributed by atoms with E-state index in [1.165, 1.54) is 0 Å². The van der Waals surface area contributed by atoms with Gasteiger partial charge in [0.05, 0.1) is 18.8 Å². The second-order valence-corrected chi connectivity index (χ2v) is 6.25. The number of nitrogens with one attached hydrogen (secondary N) is 2. The van der Waals surface area contributed by atoms with Gasteiger partial charge < -0.3 is 20.3 Å². The third kappa shape index (κ3) is 6.95. The number of carbonyl (C=O) groups is 1. The van der Waals surface area contributed by atoms with Crippen LogP contribution in [0.3, 0.4) is 0 Å². The fraction of sp³-hybridized carbons (Fsp3) is 0.318. The average Bonchev–Trinajstić information content (AvgIpc) is 2.67. The molecule has 142 valence electrons. The fourth-order valence-electron chi connectivity index (χ4n) is 2.38. The third-order valence-electron chi connectivity index (χ3n) is 3.83. The van der Waals surface area contributed by atoms with Gasteiger partial charge in [-0.1, -0.05) is 37.3 Å². The van der Waals surface area contributed by atoms with Crippen LogP contribution in [0.4, 0.5) is 16.2 Å². The molecule has 0 atom stereocenters. The molecule has 5 heteroatoms. The van der Waals surface area contributed by atoms with E-state index in [-0.39, 0.29) is 12.6 Å². The molecular formula is C22H27N3O2. The lowest BCUT2D eigenvalue weighted by atomic mass is 10.1. The third-order valence-corrected chi connectivity index (χ3v) is 3.83. The number of unbranched alkanes of at least 4 members (excludes halogenated alkanes) is 1. The topological polar surface area (TPSA) is 53.6 Å². The SMILES string of the molecule is CCCCOc1ccc(NC(=O)NCC#Cc2ccccc2N(C)C)cc1. The van der Waals surface area contributed by atoms with E-state index in [2.05, 4.69) is 29.4 Å². The van der Waals surface area contributed by atoms with Gasteiger partial charge in [0.2, 0.25) is 0 Å². The molecule has 0 heterocycles. The monoisotopic (exact) mass is 365 g/mol. The lowest BCUT2D eigenvalue weighted by molar-refractivity contribution is 0.253. The Labute approximate surface area is 161 Å². The number of anilines is 2. The van der Waals surface area contributed by atoms with Gasteiger partial charge in [0.1, 0.15) is 5.75 Å². The number of hydrogen-bond donors (Lipinski definition) is 2. The van der Waals surface area contributed by atoms with Gasteiger partial charge in [0.15, 0.2) is 0 Å². The molecule has 2 rings (SSSR count). The first-order chi connectivity index (χ1) is 13.1. The van der Waals surface area contributed by atoms with Gasteiger partial charge >= 0.3 is 6.03 Å². The van der Waals surface area contributed by atoms with Gasteiger partial charge in [-0.15, -0.1) is 0 Å². The number of rotatable bonds is 7. The van der Waals surface area contributed by atoms with Gasteiger partial charge in [-0.3, -0.25) is 0 Å². The molecule has 0 saturated carbocycles. The summed E-state index contributed by atoms with van der Waals surface area (Å²) >= 11 is 0. The lowest BCUT2D eigenvalue weighted by Crippen LogP contribution is -2.28. The zero-order chi connectivity index (χ0) is 19.5. The Morgan fingerprint density at radius 2 is 1.85 bits per heavy atom. The van der Waals surface area contributed by atoms with Crippen LogP contribution in [0.15, 0.2) is 48.5 Å². The molecule has 0 aliphatic rings. The molecule has 0 fully saturated rings. The predicted molar refractivity (Wildman–Crippen MR) is 112 cm³/mol. The Bertz CT molecular complexity index is 789. The summed E-state index contributed by atoms with van der Waals surface area (Å²) in [5, 5.41) is 5.52. The van der Waals surface area contributed by atoms with Gasteiger partial charge in [-0.05, 0) is 42.8 Å². The van der Waals surface area contributed by atoms with E-state index < -0.39 is 0 Å². The maximum atomic E-state index is 12.0. The highest BCUT2D eigenvalue weighted by Crippen LogP contribution is 2.17. The van der Waals surface area contributed by atoms with Crippen molar-refractivity contribution in [1.82, 2.24) is 5.32 Å². The molecule has 2 amide bonds. The summed E-state index contributed by atoms with van der Waals surface area (Å²) < 4.78 is 5.60. The van der Waals surface area contributed by atoms with Crippen molar-refractivity contribution < 1.29 is 9.53 Å². The Morgan fingerprint density at radius 1 is 1.11 bits per heavy atom. The number of nitrogens with zero attached hydrogens (tertiary/aromatic N) is 1. The molecule has 5 nitrogen and oxygen atoms in total. The summed E-state index contributed by atoms with van der Waals surface area (Å²) in [7, 11) is 3.96. The first-order valence-electron chi connectivity index (χ1n) is 9.13. The highest BCUT2D eigenvalue weighted by molar-refractivity contribution is 5.89. The van der Waals surface area contributed by atoms with Gasteiger partial charge in [-0.25, -0.2) is 4.79 Å². The van der Waals surface area contributed by atoms with E-state index in [0.29, 0.717) is 12.3 Å². The summed E-state index contributed by atoms with van der Waals surface area (Å²) in [6.07, 6.45) is 2.13. The molecule has 0 aliphatic heterocycles. The molecule has 0 aromatic heterocycles. The number of urea groups is 1. The highest BCUT2D eigenvalue weighted by atomic mass is 16.5. The molecule has 0 saturated heterocycles. The van der Waals surface area contributed by atoms with Crippen LogP contribution in [0, 0.1) is 11.8 Å². The van der Waals surface area contributed by atoms with Crippen LogP contribution in [0.2, 0.25) is 0 Å². The van der Waals surface area contributed by atoms with Crippen molar-refractivity contribution in [2.24, 2.45) is 0 Å². The molecule has 0 unspecified atom stereocenters. The molecule has 2 aromatic carbocycles. The number of para-hydroxylation sites is 1. The predicted octanol–water partition coefficient (Wildman–Crippen LogP) is 4.10. The van der Waals surface area contributed by atoms with Crippen LogP contribution in [0.25, 0.3) is 0 Å². The van der Waals surface area contributed by atoms with E-state index >= 15 is 0 Å². The highest BCUT2D eigenvalue weighted by Gasteiger charge is 2.02. The van der Waals surface area contributed by atoms with Crippen LogP contribution < -0.4 is 20.3 Å². The zero-order valence-electron chi connectivity index (χ0n) is 16.2. The van der Waals surface area contributed by atoms with Gasteiger partial charge in [-0.2, -0.15) is 0 Å². The van der Waals surface area contributed by atoms with Crippen molar-refractivity contribution in [3.63, 3.8) is 0 Å². The Hall–Kier alpha value is -3.13. The number of hydrogen-bond acceptors (Lipinski definition) is 3. The smallest absolute Gasteiger partial charge is 0.319 e. The summed E-state index contributed by atoms with van der Waals surface area (Å²) in [5.74, 6) is 6.88. The lowest BCUT2D eigenvalue weighted by Gasteiger charge is -2.13. The molecule has 27 heavy (non-hydrogen) atoms. The van der Waals surface area contributed by atoms with Crippen molar-refractivity contribution in [1.29, 1.82) is 0 Å². The van der Waals surface area contributed by atoms with Crippen molar-refractivity contribution in [2.75, 3.05) is 37.5 Å². The molecule has 0 bridgehead atoms. The van der Waals surface area contributed by atoms with Gasteiger partial charge in [0.25, 0.3) is 0 Å². The molecular weight excluding hydrogens is 338 g/mol. The number of carbonyl (C=O) groups excluding carboxylic acids is 1. The maximum Gasteiger partial charge on any atom is 0.319 e. The zero-order valence-corrected chi connectivity index (χ0v) is 16.2. The number of ether oxygens (including phenoxy) is 1. The summed E-state index contributed by atoms with van der Waals surface area (Å²) in [6.45, 7) is 3.10. The van der Waals surface area contributed by atoms with E-state index in [4.69, 9.17) is 4.74 Å². The normalized spacial score (nSPS) is 9.74. The standard InChI is InChI=1S/C22H27N3O2/c1-4-5-17-27-20-14-12-19(13-15-20)24-22(26)23-16-8-10-18-9-6-7-11-21(18)25(2)3/h6-7,9,11-15H,4-5,16-17H2,1-3H3,(H2,23,24,26). The minimum absolute atomic E-state index is 0.270. The Balaban J connectivity index is 1.80. The fourth-order valence-corrected chi connectivity index (χ4v) is 2.38. The van der Waals surface area contributed by atoms with Gasteiger partial charge in [0, 0.05) is 25.3 Å². The minimum atomic E-state index is -0.287. The van der Waals surface area contributed by atoms with Crippen LogP contribution in [0.1, 0.15) is 25.3 Å². The molecule has 0 radical (unpaired) electrons. The van der Waals surface area contributed by atoms with E-state index in [0.717, 1.165) is 29.8 Å². The molecule has 0 spiro atoms. The summed E-state index contributed by atoms with van der Waals surface area (Å²) in [5.41, 5.74) is 2.69. The first kappa shape index (κ1) is 20.2. The molecule has 2 N–H and O–H groups in total. The van der Waals surface area contributed by atoms with E-state index in [1.807, 2.05) is 67.5 Å². The maximum absolute atomic E-state index is 12.0. The largest absolute Gasteiger partial charge is 0.494 e. The van der Waals surface area contributed by atoms with Crippen LogP contribution >= 0.6 is 0 Å². The second kappa shape index (κ2) is 10.8. The van der Waals surface area contributed by atoms with Crippen LogP contribution in [-0.4, -0.2) is 33.3 Å². The van der Waals surface area contributed by atoms with Crippen molar-refractivity contribution in [3.8, 4) is 17.6 Å². The van der Waals surface area contributed by atoms with Crippen LogP contribution in [-0.2, 0) is 0 Å². The second-order valence-electron chi connectivity index (χ2n) is 6.25. The summed E-state index contributed by atoms with van der Waals surface area (Å²) in [4.78, 5) is 14.0. The Morgan fingerprint density at radius 3 is 2.56 bits per heavy atom. The number of benzene rings is 2. The quantitative estimate of drug-likeness (QED) is 0.574.